The van der Waals surface area contributed by atoms with E-state index in [9.17, 15) is 19.2 Å². The van der Waals surface area contributed by atoms with Gasteiger partial charge in [0, 0.05) is 19.5 Å². The van der Waals surface area contributed by atoms with Crippen LogP contribution in [-0.2, 0) is 0 Å². The third kappa shape index (κ3) is 2.60. The topological polar surface area (TPSA) is 90.2 Å². The molecule has 1 N–H and O–H groups in total. The van der Waals surface area contributed by atoms with Crippen molar-refractivity contribution >= 4 is 23.4 Å². The number of carbonyl (C=O) groups excluding carboxylic acids is 3. The molecule has 0 unspecified atom stereocenters. The number of hydrogen-bond acceptors (Lipinski definition) is 4. The quantitative estimate of drug-likeness (QED) is 0.910. The molecule has 1 amide bonds. The first-order valence-corrected chi connectivity index (χ1v) is 6.57. The second-order valence-corrected chi connectivity index (χ2v) is 4.75. The Bertz CT molecular complexity index is 815. The van der Waals surface area contributed by atoms with Crippen LogP contribution in [0, 0.1) is 6.92 Å². The van der Waals surface area contributed by atoms with E-state index in [1.54, 1.807) is 30.3 Å². The first kappa shape index (κ1) is 15.4. The molecule has 0 saturated carbocycles. The van der Waals surface area contributed by atoms with E-state index in [-0.39, 0.29) is 11.4 Å². The molecule has 0 saturated heterocycles. The molecule has 0 aliphatic rings. The smallest absolute Gasteiger partial charge is 0.321 e. The van der Waals surface area contributed by atoms with Gasteiger partial charge in [-0.1, -0.05) is 18.2 Å². The van der Waals surface area contributed by atoms with Crippen LogP contribution in [0.5, 0.6) is 0 Å². The number of hydrogen-bond donors (Lipinski definition) is 1. The summed E-state index contributed by atoms with van der Waals surface area (Å²) in [6.07, 6.45) is 0. The van der Waals surface area contributed by atoms with Crippen molar-refractivity contribution in [1.29, 1.82) is 0 Å². The van der Waals surface area contributed by atoms with Crippen molar-refractivity contribution < 1.29 is 14.4 Å². The predicted molar refractivity (Wildman–Crippen MR) is 80.4 cm³/mol. The Morgan fingerprint density at radius 2 is 1.50 bits per heavy atom. The second kappa shape index (κ2) is 5.80. The van der Waals surface area contributed by atoms with Crippen LogP contribution in [0.15, 0.2) is 35.1 Å². The fraction of sp³-hybridized carbons (Fsp3) is 0.200. The third-order valence-electron chi connectivity index (χ3n) is 3.16. The molecule has 1 aromatic carbocycles. The lowest BCUT2D eigenvalue weighted by atomic mass is 10.2. The lowest BCUT2D eigenvalue weighted by Gasteiger charge is -2.07. The van der Waals surface area contributed by atoms with Crippen molar-refractivity contribution in [3.8, 4) is 0 Å². The highest BCUT2D eigenvalue weighted by atomic mass is 16.2. The van der Waals surface area contributed by atoms with Crippen LogP contribution in [-0.4, -0.2) is 26.9 Å². The SMILES string of the molecule is CC(=O)n1c(C)c(C(=O)Nc2ccccc2)n(C(C)=O)c1=O. The molecule has 0 fully saturated rings. The summed E-state index contributed by atoms with van der Waals surface area (Å²) in [5, 5.41) is 2.60. The van der Waals surface area contributed by atoms with Crippen molar-refractivity contribution in [1.82, 2.24) is 9.13 Å². The Hall–Kier alpha value is -2.96. The number of benzene rings is 1. The summed E-state index contributed by atoms with van der Waals surface area (Å²) in [6.45, 7) is 3.80. The van der Waals surface area contributed by atoms with Crippen LogP contribution in [0.25, 0.3) is 0 Å². The summed E-state index contributed by atoms with van der Waals surface area (Å²) >= 11 is 0. The van der Waals surface area contributed by atoms with E-state index in [1.807, 2.05) is 0 Å². The number of amides is 1. The number of carbonyl (C=O) groups is 3. The summed E-state index contributed by atoms with van der Waals surface area (Å²) in [5.74, 6) is -1.82. The molecule has 0 spiro atoms. The minimum atomic E-state index is -0.837. The number of rotatable bonds is 2. The lowest BCUT2D eigenvalue weighted by Crippen LogP contribution is -2.32. The molecule has 114 valence electrons. The van der Waals surface area contributed by atoms with Gasteiger partial charge in [0.2, 0.25) is 11.8 Å². The summed E-state index contributed by atoms with van der Waals surface area (Å²) in [6, 6.07) is 8.61. The average molecular weight is 301 g/mol. The minimum absolute atomic E-state index is 0.126. The van der Waals surface area contributed by atoms with E-state index < -0.39 is 23.4 Å². The number of para-hydroxylation sites is 1. The van der Waals surface area contributed by atoms with Crippen molar-refractivity contribution in [2.24, 2.45) is 0 Å². The first-order valence-electron chi connectivity index (χ1n) is 6.57. The van der Waals surface area contributed by atoms with Gasteiger partial charge in [0.1, 0.15) is 5.69 Å². The average Bonchev–Trinajstić information content (AvgIpc) is 2.71. The van der Waals surface area contributed by atoms with Gasteiger partial charge in [0.25, 0.3) is 5.91 Å². The normalized spacial score (nSPS) is 10.3. The van der Waals surface area contributed by atoms with Crippen LogP contribution >= 0.6 is 0 Å². The van der Waals surface area contributed by atoms with Gasteiger partial charge in [-0.25, -0.2) is 13.9 Å². The van der Waals surface area contributed by atoms with Gasteiger partial charge in [0.15, 0.2) is 0 Å². The van der Waals surface area contributed by atoms with Gasteiger partial charge in [-0.05, 0) is 19.1 Å². The van der Waals surface area contributed by atoms with E-state index in [0.29, 0.717) is 10.3 Å². The molecule has 1 heterocycles. The lowest BCUT2D eigenvalue weighted by molar-refractivity contribution is 0.0903. The zero-order valence-electron chi connectivity index (χ0n) is 12.4. The molecule has 2 rings (SSSR count). The third-order valence-corrected chi connectivity index (χ3v) is 3.16. The molecular weight excluding hydrogens is 286 g/mol. The van der Waals surface area contributed by atoms with Crippen molar-refractivity contribution in [2.75, 3.05) is 5.32 Å². The molecule has 22 heavy (non-hydrogen) atoms. The largest absolute Gasteiger partial charge is 0.342 e. The highest BCUT2D eigenvalue weighted by Gasteiger charge is 2.26. The van der Waals surface area contributed by atoms with Crippen LogP contribution < -0.4 is 11.0 Å². The van der Waals surface area contributed by atoms with Crippen molar-refractivity contribution in [3.05, 3.63) is 52.2 Å². The standard InChI is InChI=1S/C15H15N3O4/c1-9-13(14(21)16-12-7-5-4-6-8-12)18(11(3)20)15(22)17(9)10(2)19/h4-8H,1-3H3,(H,16,21). The van der Waals surface area contributed by atoms with Crippen LogP contribution in [0.3, 0.4) is 0 Å². The molecule has 2 aromatic rings. The number of anilines is 1. The molecule has 7 nitrogen and oxygen atoms in total. The maximum atomic E-state index is 12.4. The Balaban J connectivity index is 2.57. The highest BCUT2D eigenvalue weighted by Crippen LogP contribution is 2.12. The van der Waals surface area contributed by atoms with Crippen LogP contribution in [0.4, 0.5) is 5.69 Å². The number of nitrogens with one attached hydrogen (secondary N) is 1. The van der Waals surface area contributed by atoms with Crippen LogP contribution in [0.1, 0.15) is 39.6 Å². The van der Waals surface area contributed by atoms with Gasteiger partial charge in [-0.15, -0.1) is 0 Å². The zero-order chi connectivity index (χ0) is 16.4. The molecule has 0 radical (unpaired) electrons. The van der Waals surface area contributed by atoms with Gasteiger partial charge in [-0.3, -0.25) is 14.4 Å². The van der Waals surface area contributed by atoms with Crippen LogP contribution in [0.2, 0.25) is 0 Å². The Morgan fingerprint density at radius 1 is 0.955 bits per heavy atom. The summed E-state index contributed by atoms with van der Waals surface area (Å²) < 4.78 is 1.51. The molecule has 0 aliphatic heterocycles. The van der Waals surface area contributed by atoms with E-state index in [1.165, 1.54) is 13.8 Å². The maximum Gasteiger partial charge on any atom is 0.342 e. The first-order chi connectivity index (χ1) is 10.3. The van der Waals surface area contributed by atoms with Gasteiger partial charge in [-0.2, -0.15) is 0 Å². The Kier molecular flexibility index (Phi) is 4.07. The van der Waals surface area contributed by atoms with Crippen molar-refractivity contribution in [3.63, 3.8) is 0 Å². The van der Waals surface area contributed by atoms with Crippen molar-refractivity contribution in [2.45, 2.75) is 20.8 Å². The summed E-state index contributed by atoms with van der Waals surface area (Å²) in [7, 11) is 0. The monoisotopic (exact) mass is 301 g/mol. The fourth-order valence-electron chi connectivity index (χ4n) is 2.25. The van der Waals surface area contributed by atoms with Gasteiger partial charge < -0.3 is 5.32 Å². The van der Waals surface area contributed by atoms with E-state index >= 15 is 0 Å². The predicted octanol–water partition coefficient (Wildman–Crippen LogP) is 1.53. The second-order valence-electron chi connectivity index (χ2n) is 4.75. The highest BCUT2D eigenvalue weighted by molar-refractivity contribution is 6.06. The van der Waals surface area contributed by atoms with E-state index in [0.717, 1.165) is 11.5 Å². The fourth-order valence-corrected chi connectivity index (χ4v) is 2.25. The number of imidazole rings is 1. The zero-order valence-corrected chi connectivity index (χ0v) is 12.4. The Labute approximate surface area is 126 Å². The molecule has 0 aliphatic carbocycles. The molecule has 0 atom stereocenters. The molecule has 0 bridgehead atoms. The summed E-state index contributed by atoms with van der Waals surface area (Å²) in [4.78, 5) is 47.8. The number of nitrogens with zero attached hydrogens (tertiary/aromatic N) is 2. The molecule has 7 heteroatoms. The maximum absolute atomic E-state index is 12.4. The number of aromatic nitrogens is 2. The Morgan fingerprint density at radius 3 is 2.00 bits per heavy atom. The molecular formula is C15H15N3O4. The van der Waals surface area contributed by atoms with Gasteiger partial charge in [0.05, 0.1) is 5.69 Å². The van der Waals surface area contributed by atoms with E-state index in [4.69, 9.17) is 0 Å². The summed E-state index contributed by atoms with van der Waals surface area (Å²) in [5.41, 5.74) is -0.335. The molecule has 1 aromatic heterocycles. The van der Waals surface area contributed by atoms with Gasteiger partial charge >= 0.3 is 5.69 Å². The van der Waals surface area contributed by atoms with E-state index in [2.05, 4.69) is 5.32 Å². The minimum Gasteiger partial charge on any atom is -0.321 e.